The van der Waals surface area contributed by atoms with Crippen molar-refractivity contribution in [1.29, 1.82) is 0 Å². The largest absolute Gasteiger partial charge is 0.324 e. The van der Waals surface area contributed by atoms with Gasteiger partial charge in [-0.2, -0.15) is 0 Å². The number of rotatable bonds is 3. The number of sulfonamides is 1. The van der Waals surface area contributed by atoms with Gasteiger partial charge in [0.05, 0.1) is 23.3 Å². The van der Waals surface area contributed by atoms with Crippen LogP contribution in [0, 0.1) is 0 Å². The number of fused-ring (bicyclic) bond motifs is 1. The number of nitrogens with one attached hydrogen (secondary N) is 2. The number of aromatic nitrogens is 1. The van der Waals surface area contributed by atoms with Crippen LogP contribution in [-0.4, -0.2) is 25.1 Å². The highest BCUT2D eigenvalue weighted by Crippen LogP contribution is 2.34. The number of thioether (sulfide) groups is 1. The summed E-state index contributed by atoms with van der Waals surface area (Å²) >= 11 is 7.93. The quantitative estimate of drug-likeness (QED) is 0.877. The van der Waals surface area contributed by atoms with Crippen molar-refractivity contribution in [3.63, 3.8) is 0 Å². The predicted octanol–water partition coefficient (Wildman–Crippen LogP) is 2.64. The molecule has 2 aromatic rings. The van der Waals surface area contributed by atoms with Crippen molar-refractivity contribution in [1.82, 2.24) is 4.98 Å². The highest BCUT2D eigenvalue weighted by molar-refractivity contribution is 8.00. The Morgan fingerprint density at radius 1 is 1.38 bits per heavy atom. The number of hydrogen-bond acceptors (Lipinski definition) is 6. The van der Waals surface area contributed by atoms with Crippen molar-refractivity contribution in [3.8, 4) is 0 Å². The third kappa shape index (κ3) is 3.15. The van der Waals surface area contributed by atoms with E-state index in [1.807, 2.05) is 0 Å². The van der Waals surface area contributed by atoms with Crippen molar-refractivity contribution in [2.75, 3.05) is 15.8 Å². The molecule has 0 saturated carbocycles. The van der Waals surface area contributed by atoms with Crippen LogP contribution in [-0.2, 0) is 14.8 Å². The van der Waals surface area contributed by atoms with Crippen LogP contribution in [0.3, 0.4) is 0 Å². The second kappa shape index (κ2) is 5.48. The van der Waals surface area contributed by atoms with E-state index in [1.165, 1.54) is 18.0 Å². The third-order valence-corrected chi connectivity index (χ3v) is 6.62. The molecule has 0 bridgehead atoms. The Balaban J connectivity index is 1.88. The molecule has 2 N–H and O–H groups in total. The molecule has 0 unspecified atom stereocenters. The molecule has 6 nitrogen and oxygen atoms in total. The zero-order valence-corrected chi connectivity index (χ0v) is 13.5. The van der Waals surface area contributed by atoms with Crippen molar-refractivity contribution < 1.29 is 13.2 Å². The third-order valence-electron chi connectivity index (χ3n) is 2.59. The van der Waals surface area contributed by atoms with Gasteiger partial charge in [0.1, 0.15) is 0 Å². The maximum absolute atomic E-state index is 12.2. The van der Waals surface area contributed by atoms with Crippen molar-refractivity contribution in [2.45, 2.75) is 9.10 Å². The topological polar surface area (TPSA) is 88.2 Å². The molecule has 10 heteroatoms. The number of nitrogens with zero attached hydrogens (tertiary/aromatic N) is 1. The molecule has 0 radical (unpaired) electrons. The molecule has 0 aliphatic carbocycles. The van der Waals surface area contributed by atoms with Crippen LogP contribution in [0.2, 0.25) is 4.47 Å². The summed E-state index contributed by atoms with van der Waals surface area (Å²) in [6, 6.07) is 4.99. The molecule has 1 amide bonds. The molecule has 1 aliphatic heterocycles. The molecule has 0 spiro atoms. The average Bonchev–Trinajstić information content (AvgIpc) is 2.85. The van der Waals surface area contributed by atoms with Crippen molar-refractivity contribution in [3.05, 3.63) is 28.9 Å². The first-order valence-electron chi connectivity index (χ1n) is 5.65. The minimum atomic E-state index is -3.73. The van der Waals surface area contributed by atoms with Crippen LogP contribution in [0.4, 0.5) is 11.4 Å². The SMILES string of the molecule is O=C1CSc2ccc(NS(=O)(=O)c3cnc(Cl)s3)cc2N1. The van der Waals surface area contributed by atoms with E-state index < -0.39 is 10.0 Å². The summed E-state index contributed by atoms with van der Waals surface area (Å²) in [5.41, 5.74) is 0.958. The Morgan fingerprint density at radius 2 is 2.19 bits per heavy atom. The molecule has 1 aromatic heterocycles. The number of carbonyl (C=O) groups excluding carboxylic acids is 1. The van der Waals surface area contributed by atoms with Gasteiger partial charge in [-0.25, -0.2) is 13.4 Å². The monoisotopic (exact) mass is 361 g/mol. The molecule has 0 saturated heterocycles. The zero-order valence-electron chi connectivity index (χ0n) is 10.3. The summed E-state index contributed by atoms with van der Waals surface area (Å²) in [7, 11) is -3.73. The van der Waals surface area contributed by atoms with E-state index in [4.69, 9.17) is 11.6 Å². The zero-order chi connectivity index (χ0) is 15.0. The van der Waals surface area contributed by atoms with E-state index in [-0.39, 0.29) is 14.6 Å². The Bertz CT molecular complexity index is 819. The lowest BCUT2D eigenvalue weighted by Crippen LogP contribution is -2.19. The van der Waals surface area contributed by atoms with Gasteiger partial charge in [-0.15, -0.1) is 11.8 Å². The fraction of sp³-hybridized carbons (Fsp3) is 0.0909. The number of carbonyl (C=O) groups is 1. The van der Waals surface area contributed by atoms with E-state index in [2.05, 4.69) is 15.0 Å². The van der Waals surface area contributed by atoms with Crippen LogP contribution < -0.4 is 10.0 Å². The average molecular weight is 362 g/mol. The van der Waals surface area contributed by atoms with E-state index in [0.717, 1.165) is 16.2 Å². The number of hydrogen-bond donors (Lipinski definition) is 2. The van der Waals surface area contributed by atoms with Crippen LogP contribution in [0.5, 0.6) is 0 Å². The Labute approximate surface area is 134 Å². The van der Waals surface area contributed by atoms with Crippen LogP contribution in [0.1, 0.15) is 0 Å². The number of halogens is 1. The first kappa shape index (κ1) is 14.6. The van der Waals surface area contributed by atoms with Gasteiger partial charge in [0.25, 0.3) is 10.0 Å². The van der Waals surface area contributed by atoms with E-state index in [0.29, 0.717) is 17.1 Å². The molecular formula is C11H8ClN3O3S3. The van der Waals surface area contributed by atoms with Gasteiger partial charge < -0.3 is 5.32 Å². The van der Waals surface area contributed by atoms with Gasteiger partial charge >= 0.3 is 0 Å². The summed E-state index contributed by atoms with van der Waals surface area (Å²) in [5.74, 6) is 0.249. The lowest BCUT2D eigenvalue weighted by molar-refractivity contribution is -0.113. The molecule has 3 rings (SSSR count). The fourth-order valence-corrected chi connectivity index (χ4v) is 4.85. The summed E-state index contributed by atoms with van der Waals surface area (Å²) in [5, 5.41) is 2.70. The summed E-state index contributed by atoms with van der Waals surface area (Å²) in [4.78, 5) is 16.0. The van der Waals surface area contributed by atoms with Gasteiger partial charge in [0.15, 0.2) is 8.68 Å². The van der Waals surface area contributed by atoms with E-state index >= 15 is 0 Å². The van der Waals surface area contributed by atoms with Gasteiger partial charge in [0, 0.05) is 4.90 Å². The lowest BCUT2D eigenvalue weighted by Gasteiger charge is -2.17. The second-order valence-electron chi connectivity index (χ2n) is 4.09. The van der Waals surface area contributed by atoms with Gasteiger partial charge in [0.2, 0.25) is 5.91 Å². The molecule has 110 valence electrons. The van der Waals surface area contributed by atoms with E-state index in [9.17, 15) is 13.2 Å². The summed E-state index contributed by atoms with van der Waals surface area (Å²) in [6.45, 7) is 0. The lowest BCUT2D eigenvalue weighted by atomic mass is 10.3. The number of benzene rings is 1. The van der Waals surface area contributed by atoms with E-state index in [1.54, 1.807) is 18.2 Å². The molecular weight excluding hydrogens is 354 g/mol. The maximum Gasteiger partial charge on any atom is 0.273 e. The molecule has 0 atom stereocenters. The second-order valence-corrected chi connectivity index (χ2v) is 8.62. The minimum Gasteiger partial charge on any atom is -0.324 e. The highest BCUT2D eigenvalue weighted by Gasteiger charge is 2.20. The number of anilines is 2. The van der Waals surface area contributed by atoms with Crippen molar-refractivity contribution in [2.24, 2.45) is 0 Å². The standard InChI is InChI=1S/C11H8ClN3O3S3/c12-11-13-4-10(20-11)21(17,18)15-6-1-2-8-7(3-6)14-9(16)5-19-8/h1-4,15H,5H2,(H,14,16). The van der Waals surface area contributed by atoms with Crippen LogP contribution >= 0.6 is 34.7 Å². The molecule has 1 aliphatic rings. The highest BCUT2D eigenvalue weighted by atomic mass is 35.5. The number of thiazole rings is 1. The normalized spacial score (nSPS) is 14.4. The van der Waals surface area contributed by atoms with Gasteiger partial charge in [-0.05, 0) is 18.2 Å². The smallest absolute Gasteiger partial charge is 0.273 e. The first-order valence-corrected chi connectivity index (χ1v) is 9.31. The number of amides is 1. The van der Waals surface area contributed by atoms with Crippen LogP contribution in [0.25, 0.3) is 0 Å². The summed E-state index contributed by atoms with van der Waals surface area (Å²) in [6.07, 6.45) is 1.20. The molecule has 21 heavy (non-hydrogen) atoms. The Morgan fingerprint density at radius 3 is 2.90 bits per heavy atom. The maximum atomic E-state index is 12.2. The van der Waals surface area contributed by atoms with Gasteiger partial charge in [-0.3, -0.25) is 9.52 Å². The summed E-state index contributed by atoms with van der Waals surface area (Å²) < 4.78 is 26.9. The van der Waals surface area contributed by atoms with Crippen molar-refractivity contribution >= 4 is 62.0 Å². The minimum absolute atomic E-state index is 0.0311. The first-order chi connectivity index (χ1) is 9.94. The molecule has 1 aromatic carbocycles. The van der Waals surface area contributed by atoms with Crippen LogP contribution in [0.15, 0.2) is 33.5 Å². The predicted molar refractivity (Wildman–Crippen MR) is 83.7 cm³/mol. The Kier molecular flexibility index (Phi) is 3.82. The van der Waals surface area contributed by atoms with Gasteiger partial charge in [-0.1, -0.05) is 22.9 Å². The molecule has 0 fully saturated rings. The Hall–Kier alpha value is -1.29. The fourth-order valence-electron chi connectivity index (χ4n) is 1.72. The molecule has 2 heterocycles.